The number of rotatable bonds is 5. The highest BCUT2D eigenvalue weighted by Gasteiger charge is 2.34. The van der Waals surface area contributed by atoms with E-state index in [1.165, 1.54) is 18.2 Å². The molecular formula is C13H15F3N2O. The first-order chi connectivity index (χ1) is 8.82. The third-order valence-corrected chi connectivity index (χ3v) is 2.52. The molecule has 0 aliphatic carbocycles. The van der Waals surface area contributed by atoms with Gasteiger partial charge in [0.1, 0.15) is 17.9 Å². The Morgan fingerprint density at radius 1 is 1.32 bits per heavy atom. The molecule has 1 atom stereocenters. The lowest BCUT2D eigenvalue weighted by Crippen LogP contribution is -2.46. The van der Waals surface area contributed by atoms with Gasteiger partial charge in [-0.3, -0.25) is 5.32 Å². The van der Waals surface area contributed by atoms with Crippen LogP contribution >= 0.6 is 0 Å². The zero-order valence-corrected chi connectivity index (χ0v) is 10.7. The molecule has 104 valence electrons. The number of nitrogens with one attached hydrogen (secondary N) is 1. The Balaban J connectivity index is 2.87. The second-order valence-electron chi connectivity index (χ2n) is 4.26. The number of hydrogen-bond acceptors (Lipinski definition) is 3. The van der Waals surface area contributed by atoms with Crippen molar-refractivity contribution in [2.45, 2.75) is 25.6 Å². The van der Waals surface area contributed by atoms with Crippen molar-refractivity contribution < 1.29 is 17.9 Å². The normalized spacial score (nSPS) is 14.5. The number of halogens is 3. The summed E-state index contributed by atoms with van der Waals surface area (Å²) in [5, 5.41) is 11.9. The number of benzene rings is 1. The van der Waals surface area contributed by atoms with Gasteiger partial charge < -0.3 is 4.74 Å². The van der Waals surface area contributed by atoms with Gasteiger partial charge in [0.15, 0.2) is 0 Å². The average Bonchev–Trinajstić information content (AvgIpc) is 2.36. The van der Waals surface area contributed by atoms with E-state index in [4.69, 9.17) is 10.00 Å². The quantitative estimate of drug-likeness (QED) is 0.896. The van der Waals surface area contributed by atoms with E-state index in [0.29, 0.717) is 6.54 Å². The van der Waals surface area contributed by atoms with Crippen LogP contribution < -0.4 is 10.1 Å². The van der Waals surface area contributed by atoms with E-state index in [1.807, 2.05) is 6.07 Å². The first-order valence-corrected chi connectivity index (χ1v) is 5.77. The van der Waals surface area contributed by atoms with E-state index in [0.717, 1.165) is 6.07 Å². The lowest BCUT2D eigenvalue weighted by Gasteiger charge is -2.23. The largest absolute Gasteiger partial charge is 0.490 e. The summed E-state index contributed by atoms with van der Waals surface area (Å²) in [6, 6.07) is 6.94. The molecule has 0 spiro atoms. The van der Waals surface area contributed by atoms with E-state index in [9.17, 15) is 13.2 Å². The Labute approximate surface area is 110 Å². The summed E-state index contributed by atoms with van der Waals surface area (Å²) in [5.74, 6) is -0.269. The van der Waals surface area contributed by atoms with Crippen LogP contribution in [0.15, 0.2) is 24.3 Å². The van der Waals surface area contributed by atoms with Gasteiger partial charge in [-0.15, -0.1) is 0 Å². The van der Waals surface area contributed by atoms with Crippen LogP contribution in [0.25, 0.3) is 0 Å². The second-order valence-corrected chi connectivity index (χ2v) is 4.26. The third-order valence-electron chi connectivity index (χ3n) is 2.52. The Hall–Kier alpha value is -1.74. The Bertz CT molecular complexity index is 468. The van der Waals surface area contributed by atoms with Crippen LogP contribution in [0.3, 0.4) is 0 Å². The molecule has 0 saturated carbocycles. The van der Waals surface area contributed by atoms with Gasteiger partial charge in [0, 0.05) is 0 Å². The number of likely N-dealkylation sites (N-methyl/N-ethyl adjacent to an activating group) is 1. The summed E-state index contributed by atoms with van der Waals surface area (Å²) >= 11 is 0. The molecule has 0 radical (unpaired) electrons. The number of para-hydroxylation sites is 1. The zero-order valence-electron chi connectivity index (χ0n) is 10.7. The fraction of sp³-hybridized carbons (Fsp3) is 0.462. The highest BCUT2D eigenvalue weighted by atomic mass is 19.4. The van der Waals surface area contributed by atoms with Crippen LogP contribution in [0.4, 0.5) is 13.2 Å². The fourth-order valence-corrected chi connectivity index (χ4v) is 1.56. The molecule has 0 fully saturated rings. The molecule has 1 rings (SSSR count). The van der Waals surface area contributed by atoms with Crippen LogP contribution in [0.5, 0.6) is 5.75 Å². The molecular weight excluding hydrogens is 257 g/mol. The molecule has 3 nitrogen and oxygen atoms in total. The summed E-state index contributed by atoms with van der Waals surface area (Å²) in [6.07, 6.45) is -4.47. The van der Waals surface area contributed by atoms with Crippen molar-refractivity contribution in [3.63, 3.8) is 0 Å². The number of hydrogen-bond donors (Lipinski definition) is 1. The summed E-state index contributed by atoms with van der Waals surface area (Å²) in [5.41, 5.74) is -1.86. The van der Waals surface area contributed by atoms with Gasteiger partial charge in [-0.1, -0.05) is 19.1 Å². The highest BCUT2D eigenvalue weighted by Crippen LogP contribution is 2.36. The number of alkyl halides is 3. The van der Waals surface area contributed by atoms with E-state index >= 15 is 0 Å². The minimum atomic E-state index is -4.47. The van der Waals surface area contributed by atoms with Crippen LogP contribution in [0.2, 0.25) is 0 Å². The van der Waals surface area contributed by atoms with E-state index < -0.39 is 17.3 Å². The first kappa shape index (κ1) is 15.3. The van der Waals surface area contributed by atoms with Gasteiger partial charge in [-0.25, -0.2) is 0 Å². The molecule has 0 amide bonds. The van der Waals surface area contributed by atoms with Crippen molar-refractivity contribution in [1.29, 1.82) is 5.26 Å². The van der Waals surface area contributed by atoms with Crippen LogP contribution in [0.1, 0.15) is 19.4 Å². The molecule has 6 heteroatoms. The molecule has 0 aliphatic rings. The van der Waals surface area contributed by atoms with Crippen LogP contribution in [-0.4, -0.2) is 18.7 Å². The topological polar surface area (TPSA) is 45.0 Å². The molecule has 0 aromatic heterocycles. The molecule has 0 heterocycles. The lowest BCUT2D eigenvalue weighted by atomic mass is 10.1. The van der Waals surface area contributed by atoms with Gasteiger partial charge in [0.2, 0.25) is 0 Å². The highest BCUT2D eigenvalue weighted by molar-refractivity contribution is 5.35. The summed E-state index contributed by atoms with van der Waals surface area (Å²) < 4.78 is 43.4. The molecule has 1 N–H and O–H groups in total. The summed E-state index contributed by atoms with van der Waals surface area (Å²) in [7, 11) is 0. The SMILES string of the molecule is CCNC(C)(C#N)COc1ccccc1C(F)(F)F. The van der Waals surface area contributed by atoms with Crippen molar-refractivity contribution in [3.05, 3.63) is 29.8 Å². The molecule has 0 aliphatic heterocycles. The Morgan fingerprint density at radius 2 is 1.95 bits per heavy atom. The first-order valence-electron chi connectivity index (χ1n) is 5.77. The maximum atomic E-state index is 12.7. The van der Waals surface area contributed by atoms with Gasteiger partial charge in [0.25, 0.3) is 0 Å². The van der Waals surface area contributed by atoms with E-state index in [1.54, 1.807) is 13.8 Å². The summed E-state index contributed by atoms with van der Waals surface area (Å²) in [4.78, 5) is 0. The second kappa shape index (κ2) is 5.93. The minimum absolute atomic E-state index is 0.162. The minimum Gasteiger partial charge on any atom is -0.490 e. The molecule has 0 saturated heterocycles. The summed E-state index contributed by atoms with van der Waals surface area (Å²) in [6.45, 7) is 3.74. The monoisotopic (exact) mass is 272 g/mol. The third kappa shape index (κ3) is 4.14. The maximum absolute atomic E-state index is 12.7. The van der Waals surface area contributed by atoms with Crippen molar-refractivity contribution in [2.24, 2.45) is 0 Å². The van der Waals surface area contributed by atoms with Crippen molar-refractivity contribution >= 4 is 0 Å². The average molecular weight is 272 g/mol. The number of nitriles is 1. The lowest BCUT2D eigenvalue weighted by molar-refractivity contribution is -0.139. The predicted octanol–water partition coefficient (Wildman–Crippen LogP) is 2.98. The smallest absolute Gasteiger partial charge is 0.419 e. The van der Waals surface area contributed by atoms with Gasteiger partial charge in [-0.05, 0) is 25.6 Å². The molecule has 1 unspecified atom stereocenters. The Morgan fingerprint density at radius 3 is 2.47 bits per heavy atom. The molecule has 1 aromatic rings. The fourth-order valence-electron chi connectivity index (χ4n) is 1.56. The van der Waals surface area contributed by atoms with E-state index in [-0.39, 0.29) is 12.4 Å². The van der Waals surface area contributed by atoms with Crippen LogP contribution in [-0.2, 0) is 6.18 Å². The van der Waals surface area contributed by atoms with Gasteiger partial charge in [0.05, 0.1) is 11.6 Å². The maximum Gasteiger partial charge on any atom is 0.419 e. The number of ether oxygens (including phenoxy) is 1. The van der Waals surface area contributed by atoms with E-state index in [2.05, 4.69) is 5.32 Å². The van der Waals surface area contributed by atoms with Gasteiger partial charge >= 0.3 is 6.18 Å². The standard InChI is InChI=1S/C13H15F3N2O/c1-3-18-12(2,8-17)9-19-11-7-5-4-6-10(11)13(14,15)16/h4-7,18H,3,9H2,1-2H3. The number of nitrogens with zero attached hydrogens (tertiary/aromatic N) is 1. The van der Waals surface area contributed by atoms with Crippen molar-refractivity contribution in [3.8, 4) is 11.8 Å². The van der Waals surface area contributed by atoms with Crippen molar-refractivity contribution in [1.82, 2.24) is 5.32 Å². The molecule has 0 bridgehead atoms. The van der Waals surface area contributed by atoms with Crippen molar-refractivity contribution in [2.75, 3.05) is 13.2 Å². The molecule has 19 heavy (non-hydrogen) atoms. The zero-order chi connectivity index (χ0) is 14.5. The Kier molecular flexibility index (Phi) is 4.78. The molecule has 1 aromatic carbocycles. The predicted molar refractivity (Wildman–Crippen MR) is 64.6 cm³/mol. The van der Waals surface area contributed by atoms with Crippen LogP contribution in [0, 0.1) is 11.3 Å². The van der Waals surface area contributed by atoms with Gasteiger partial charge in [-0.2, -0.15) is 18.4 Å².